The van der Waals surface area contributed by atoms with Crippen LogP contribution < -0.4 is 4.74 Å². The number of carbonyl (C=O) groups is 1. The van der Waals surface area contributed by atoms with Crippen LogP contribution in [0.5, 0.6) is 5.75 Å². The highest BCUT2D eigenvalue weighted by Crippen LogP contribution is 2.23. The molecule has 1 aliphatic heterocycles. The van der Waals surface area contributed by atoms with Crippen LogP contribution in [0.15, 0.2) is 42.7 Å². The van der Waals surface area contributed by atoms with Crippen molar-refractivity contribution in [2.24, 2.45) is 5.92 Å². The Hall–Kier alpha value is -2.40. The van der Waals surface area contributed by atoms with E-state index in [0.29, 0.717) is 26.1 Å². The molecular weight excluding hydrogens is 352 g/mol. The van der Waals surface area contributed by atoms with Gasteiger partial charge in [-0.25, -0.2) is 0 Å². The van der Waals surface area contributed by atoms with E-state index in [4.69, 9.17) is 4.74 Å². The number of aryl methyl sites for hydroxylation is 2. The molecule has 1 N–H and O–H groups in total. The predicted octanol–water partition coefficient (Wildman–Crippen LogP) is 3.17. The number of rotatable bonds is 8. The number of benzene rings is 1. The van der Waals surface area contributed by atoms with Crippen molar-refractivity contribution in [3.8, 4) is 5.75 Å². The molecule has 1 aliphatic rings. The SMILES string of the molecule is CCOc1ccc(CCCC(=O)N2C[C@@H](Cc3ccncc3)[C@H](O)C2)cc1C. The number of nitrogens with zero attached hydrogens (tertiary/aromatic N) is 2. The molecule has 0 spiro atoms. The number of hydrogen-bond acceptors (Lipinski definition) is 4. The molecule has 28 heavy (non-hydrogen) atoms. The molecule has 2 heterocycles. The molecule has 1 fully saturated rings. The average Bonchev–Trinajstić information content (AvgIpc) is 3.05. The molecule has 1 saturated heterocycles. The highest BCUT2D eigenvalue weighted by atomic mass is 16.5. The van der Waals surface area contributed by atoms with E-state index >= 15 is 0 Å². The molecule has 1 aromatic carbocycles. The monoisotopic (exact) mass is 382 g/mol. The van der Waals surface area contributed by atoms with Gasteiger partial charge in [-0.2, -0.15) is 0 Å². The second kappa shape index (κ2) is 9.69. The topological polar surface area (TPSA) is 62.7 Å². The number of β-amino-alcohol motifs (C(OH)–C–C–N with tert-alkyl or cyclic N) is 1. The van der Waals surface area contributed by atoms with Gasteiger partial charge in [-0.3, -0.25) is 9.78 Å². The molecule has 5 heteroatoms. The minimum Gasteiger partial charge on any atom is -0.494 e. The summed E-state index contributed by atoms with van der Waals surface area (Å²) in [5, 5.41) is 10.4. The van der Waals surface area contributed by atoms with Crippen LogP contribution in [-0.2, 0) is 17.6 Å². The summed E-state index contributed by atoms with van der Waals surface area (Å²) in [6, 6.07) is 10.2. The molecular formula is C23H30N2O3. The second-order valence-corrected chi connectivity index (χ2v) is 7.57. The van der Waals surface area contributed by atoms with Gasteiger partial charge >= 0.3 is 0 Å². The zero-order valence-electron chi connectivity index (χ0n) is 16.8. The fourth-order valence-corrected chi connectivity index (χ4v) is 3.87. The lowest BCUT2D eigenvalue weighted by Crippen LogP contribution is -2.29. The van der Waals surface area contributed by atoms with Crippen LogP contribution in [0, 0.1) is 12.8 Å². The summed E-state index contributed by atoms with van der Waals surface area (Å²) in [6.45, 7) is 5.77. The maximum absolute atomic E-state index is 12.6. The highest BCUT2D eigenvalue weighted by molar-refractivity contribution is 5.76. The number of aromatic nitrogens is 1. The van der Waals surface area contributed by atoms with E-state index < -0.39 is 6.10 Å². The van der Waals surface area contributed by atoms with Gasteiger partial charge in [0.15, 0.2) is 0 Å². The second-order valence-electron chi connectivity index (χ2n) is 7.57. The molecule has 150 valence electrons. The Morgan fingerprint density at radius 2 is 2.00 bits per heavy atom. The number of amides is 1. The molecule has 0 unspecified atom stereocenters. The van der Waals surface area contributed by atoms with E-state index in [2.05, 4.69) is 17.1 Å². The van der Waals surface area contributed by atoms with Crippen molar-refractivity contribution in [3.05, 3.63) is 59.4 Å². The van der Waals surface area contributed by atoms with E-state index in [-0.39, 0.29) is 11.8 Å². The fourth-order valence-electron chi connectivity index (χ4n) is 3.87. The number of likely N-dealkylation sites (tertiary alicyclic amines) is 1. The van der Waals surface area contributed by atoms with Crippen LogP contribution in [0.25, 0.3) is 0 Å². The smallest absolute Gasteiger partial charge is 0.222 e. The van der Waals surface area contributed by atoms with Gasteiger partial charge in [0.25, 0.3) is 0 Å². The van der Waals surface area contributed by atoms with Crippen LogP contribution in [0.4, 0.5) is 0 Å². The first-order valence-corrected chi connectivity index (χ1v) is 10.1. The van der Waals surface area contributed by atoms with Gasteiger partial charge in [0.1, 0.15) is 5.75 Å². The number of pyridine rings is 1. The number of carbonyl (C=O) groups excluding carboxylic acids is 1. The van der Waals surface area contributed by atoms with Crippen LogP contribution in [0.1, 0.15) is 36.5 Å². The van der Waals surface area contributed by atoms with Crippen LogP contribution in [0.2, 0.25) is 0 Å². The Morgan fingerprint density at radius 1 is 1.21 bits per heavy atom. The third-order valence-corrected chi connectivity index (χ3v) is 5.40. The van der Waals surface area contributed by atoms with E-state index in [0.717, 1.165) is 36.1 Å². The Bertz CT molecular complexity index is 779. The Morgan fingerprint density at radius 3 is 2.71 bits per heavy atom. The summed E-state index contributed by atoms with van der Waals surface area (Å²) in [6.07, 6.45) is 6.06. The lowest BCUT2D eigenvalue weighted by molar-refractivity contribution is -0.130. The van der Waals surface area contributed by atoms with E-state index in [1.807, 2.05) is 36.9 Å². The summed E-state index contributed by atoms with van der Waals surface area (Å²) >= 11 is 0. The highest BCUT2D eigenvalue weighted by Gasteiger charge is 2.33. The summed E-state index contributed by atoms with van der Waals surface area (Å²) in [4.78, 5) is 18.4. The minimum atomic E-state index is -0.453. The zero-order valence-corrected chi connectivity index (χ0v) is 16.8. The number of ether oxygens (including phenoxy) is 1. The van der Waals surface area contributed by atoms with Gasteiger partial charge in [-0.15, -0.1) is 0 Å². The van der Waals surface area contributed by atoms with Gasteiger partial charge in [0.05, 0.1) is 12.7 Å². The number of hydrogen-bond donors (Lipinski definition) is 1. The van der Waals surface area contributed by atoms with Gasteiger partial charge in [-0.1, -0.05) is 12.1 Å². The standard InChI is InChI=1S/C23H30N2O3/c1-3-28-22-8-7-18(13-17(22)2)5-4-6-23(27)25-15-20(21(26)16-25)14-19-9-11-24-12-10-19/h7-13,20-21,26H,3-6,14-16H2,1-2H3/t20-,21-/m1/s1. The first-order valence-electron chi connectivity index (χ1n) is 10.1. The molecule has 5 nitrogen and oxygen atoms in total. The third-order valence-electron chi connectivity index (χ3n) is 5.40. The van der Waals surface area contributed by atoms with Crippen molar-refractivity contribution < 1.29 is 14.6 Å². The molecule has 2 atom stereocenters. The summed E-state index contributed by atoms with van der Waals surface area (Å²) in [7, 11) is 0. The Balaban J connectivity index is 1.45. The first-order chi connectivity index (χ1) is 13.6. The molecule has 0 aliphatic carbocycles. The van der Waals surface area contributed by atoms with Crippen molar-refractivity contribution in [3.63, 3.8) is 0 Å². The third kappa shape index (κ3) is 5.32. The van der Waals surface area contributed by atoms with Crippen LogP contribution in [0.3, 0.4) is 0 Å². The summed E-state index contributed by atoms with van der Waals surface area (Å²) in [5.74, 6) is 1.16. The molecule has 3 rings (SSSR count). The fraction of sp³-hybridized carbons (Fsp3) is 0.478. The minimum absolute atomic E-state index is 0.0973. The maximum atomic E-state index is 12.6. The molecule has 2 aromatic rings. The predicted molar refractivity (Wildman–Crippen MR) is 109 cm³/mol. The van der Waals surface area contributed by atoms with Crippen molar-refractivity contribution in [2.75, 3.05) is 19.7 Å². The quantitative estimate of drug-likeness (QED) is 0.762. The van der Waals surface area contributed by atoms with Gasteiger partial charge < -0.3 is 14.7 Å². The summed E-state index contributed by atoms with van der Waals surface area (Å²) < 4.78 is 5.58. The molecule has 0 bridgehead atoms. The van der Waals surface area contributed by atoms with Crippen LogP contribution in [-0.4, -0.2) is 46.7 Å². The van der Waals surface area contributed by atoms with Crippen molar-refractivity contribution in [1.29, 1.82) is 0 Å². The van der Waals surface area contributed by atoms with E-state index in [9.17, 15) is 9.90 Å². The molecule has 0 saturated carbocycles. The maximum Gasteiger partial charge on any atom is 0.222 e. The average molecular weight is 383 g/mol. The van der Waals surface area contributed by atoms with Gasteiger partial charge in [-0.05, 0) is 68.0 Å². The molecule has 1 amide bonds. The Labute approximate surface area is 167 Å². The van der Waals surface area contributed by atoms with Crippen molar-refractivity contribution >= 4 is 5.91 Å². The lowest BCUT2D eigenvalue weighted by Gasteiger charge is -2.16. The van der Waals surface area contributed by atoms with Crippen molar-refractivity contribution in [2.45, 2.75) is 45.6 Å². The van der Waals surface area contributed by atoms with Gasteiger partial charge in [0, 0.05) is 37.8 Å². The van der Waals surface area contributed by atoms with E-state index in [1.165, 1.54) is 5.56 Å². The largest absolute Gasteiger partial charge is 0.494 e. The van der Waals surface area contributed by atoms with Crippen LogP contribution >= 0.6 is 0 Å². The van der Waals surface area contributed by atoms with Gasteiger partial charge in [0.2, 0.25) is 5.91 Å². The first kappa shape index (κ1) is 20.3. The lowest BCUT2D eigenvalue weighted by atomic mass is 9.97. The normalized spacial score (nSPS) is 19.0. The summed E-state index contributed by atoms with van der Waals surface area (Å²) in [5.41, 5.74) is 3.51. The number of aliphatic hydroxyl groups excluding tert-OH is 1. The van der Waals surface area contributed by atoms with Crippen molar-refractivity contribution in [1.82, 2.24) is 9.88 Å². The Kier molecular flexibility index (Phi) is 7.04. The number of aliphatic hydroxyl groups is 1. The molecule has 0 radical (unpaired) electrons. The molecule has 1 aromatic heterocycles. The zero-order chi connectivity index (χ0) is 19.9. The van der Waals surface area contributed by atoms with E-state index in [1.54, 1.807) is 12.4 Å².